The van der Waals surface area contributed by atoms with E-state index in [9.17, 15) is 17.6 Å². The minimum absolute atomic E-state index is 0.0963. The van der Waals surface area contributed by atoms with Crippen molar-refractivity contribution in [3.63, 3.8) is 0 Å². The molecule has 0 unspecified atom stereocenters. The molecule has 0 amide bonds. The monoisotopic (exact) mass is 208 g/mol. The van der Waals surface area contributed by atoms with Crippen LogP contribution in [0.2, 0.25) is 0 Å². The maximum atomic E-state index is 12.9. The van der Waals surface area contributed by atoms with Crippen LogP contribution in [0.25, 0.3) is 0 Å². The lowest BCUT2D eigenvalue weighted by Crippen LogP contribution is -2.11. The molecule has 1 aromatic rings. The molecule has 0 bridgehead atoms. The van der Waals surface area contributed by atoms with Crippen molar-refractivity contribution < 1.29 is 17.6 Å². The Bertz CT molecular complexity index is 346. The zero-order chi connectivity index (χ0) is 10.9. The first kappa shape index (κ1) is 10.8. The largest absolute Gasteiger partial charge is 0.419 e. The van der Waals surface area contributed by atoms with E-state index in [4.69, 9.17) is 11.5 Å². The van der Waals surface area contributed by atoms with Crippen molar-refractivity contribution >= 4 is 5.69 Å². The van der Waals surface area contributed by atoms with Gasteiger partial charge in [0.1, 0.15) is 5.82 Å². The fourth-order valence-corrected chi connectivity index (χ4v) is 1.03. The number of benzene rings is 1. The molecular weight excluding hydrogens is 200 g/mol. The van der Waals surface area contributed by atoms with Gasteiger partial charge >= 0.3 is 6.18 Å². The second-order valence-electron chi connectivity index (χ2n) is 2.73. The van der Waals surface area contributed by atoms with Gasteiger partial charge in [-0.25, -0.2) is 4.39 Å². The van der Waals surface area contributed by atoms with E-state index < -0.39 is 17.6 Å². The minimum Gasteiger partial charge on any atom is -0.398 e. The minimum atomic E-state index is -4.73. The molecule has 14 heavy (non-hydrogen) atoms. The fraction of sp³-hybridized carbons (Fsp3) is 0.250. The maximum Gasteiger partial charge on any atom is 0.419 e. The van der Waals surface area contributed by atoms with Crippen LogP contribution in [0, 0.1) is 5.82 Å². The zero-order valence-electron chi connectivity index (χ0n) is 7.03. The summed E-state index contributed by atoms with van der Waals surface area (Å²) in [7, 11) is 0. The van der Waals surface area contributed by atoms with E-state index in [0.29, 0.717) is 12.1 Å². The number of nitrogen functional groups attached to an aromatic ring is 1. The third-order valence-corrected chi connectivity index (χ3v) is 1.75. The summed E-state index contributed by atoms with van der Waals surface area (Å²) in [6.45, 7) is -0.0963. The Labute approximate surface area is 77.5 Å². The first-order chi connectivity index (χ1) is 6.36. The third kappa shape index (κ3) is 1.95. The van der Waals surface area contributed by atoms with Crippen LogP contribution in [-0.2, 0) is 12.7 Å². The Balaban J connectivity index is 3.29. The van der Waals surface area contributed by atoms with Crippen LogP contribution < -0.4 is 11.5 Å². The highest BCUT2D eigenvalue weighted by atomic mass is 19.4. The summed E-state index contributed by atoms with van der Waals surface area (Å²) in [6.07, 6.45) is -4.73. The fourth-order valence-electron chi connectivity index (χ4n) is 1.03. The van der Waals surface area contributed by atoms with E-state index in [-0.39, 0.29) is 17.8 Å². The molecule has 0 saturated heterocycles. The van der Waals surface area contributed by atoms with E-state index in [1.54, 1.807) is 0 Å². The molecule has 0 fully saturated rings. The van der Waals surface area contributed by atoms with Crippen LogP contribution >= 0.6 is 0 Å². The summed E-state index contributed by atoms with van der Waals surface area (Å²) in [4.78, 5) is 0. The van der Waals surface area contributed by atoms with Crippen molar-refractivity contribution in [1.82, 2.24) is 0 Å². The molecule has 78 valence electrons. The van der Waals surface area contributed by atoms with Crippen molar-refractivity contribution in [3.8, 4) is 0 Å². The molecule has 0 radical (unpaired) electrons. The highest BCUT2D eigenvalue weighted by molar-refractivity contribution is 5.50. The van der Waals surface area contributed by atoms with Gasteiger partial charge in [-0.1, -0.05) is 0 Å². The summed E-state index contributed by atoms with van der Waals surface area (Å²) in [5.74, 6) is -1.35. The summed E-state index contributed by atoms with van der Waals surface area (Å²) in [6, 6.07) is 1.26. The number of hydrogen-bond donors (Lipinski definition) is 2. The maximum absolute atomic E-state index is 12.9. The van der Waals surface area contributed by atoms with E-state index in [2.05, 4.69) is 0 Å². The first-order valence-electron chi connectivity index (χ1n) is 3.71. The van der Waals surface area contributed by atoms with E-state index in [1.165, 1.54) is 0 Å². The Hall–Kier alpha value is -1.30. The molecule has 0 saturated carbocycles. The molecule has 0 aliphatic carbocycles. The molecular formula is C8H8F4N2. The van der Waals surface area contributed by atoms with Crippen LogP contribution in [0.4, 0.5) is 23.2 Å². The first-order valence-corrected chi connectivity index (χ1v) is 3.71. The lowest BCUT2D eigenvalue weighted by atomic mass is 10.1. The molecule has 0 atom stereocenters. The number of nitrogens with two attached hydrogens (primary N) is 2. The Kier molecular flexibility index (Phi) is 2.66. The molecule has 2 nitrogen and oxygen atoms in total. The van der Waals surface area contributed by atoms with E-state index in [0.717, 1.165) is 0 Å². The lowest BCUT2D eigenvalue weighted by molar-refractivity contribution is -0.139. The number of alkyl halides is 3. The Morgan fingerprint density at radius 3 is 2.21 bits per heavy atom. The van der Waals surface area contributed by atoms with Crippen molar-refractivity contribution in [1.29, 1.82) is 0 Å². The molecule has 0 heterocycles. The molecule has 0 aliphatic heterocycles. The number of halogens is 4. The molecule has 6 heteroatoms. The highest BCUT2D eigenvalue weighted by Gasteiger charge is 2.34. The van der Waals surface area contributed by atoms with Crippen LogP contribution in [0.15, 0.2) is 12.1 Å². The van der Waals surface area contributed by atoms with Crippen LogP contribution in [-0.4, -0.2) is 0 Å². The average molecular weight is 208 g/mol. The summed E-state index contributed by atoms with van der Waals surface area (Å²) < 4.78 is 49.3. The SMILES string of the molecule is NCc1cc(F)c(C(F)(F)F)cc1N. The standard InChI is InChI=1S/C8H8F4N2/c9-6-1-4(3-13)7(14)2-5(6)8(10,11)12/h1-2H,3,13-14H2. The van der Waals surface area contributed by atoms with Crippen molar-refractivity contribution in [3.05, 3.63) is 29.1 Å². The van der Waals surface area contributed by atoms with E-state index >= 15 is 0 Å². The molecule has 4 N–H and O–H groups in total. The highest BCUT2D eigenvalue weighted by Crippen LogP contribution is 2.33. The molecule has 1 rings (SSSR count). The topological polar surface area (TPSA) is 52.0 Å². The molecule has 0 spiro atoms. The molecule has 1 aromatic carbocycles. The van der Waals surface area contributed by atoms with Gasteiger partial charge in [-0.05, 0) is 17.7 Å². The van der Waals surface area contributed by atoms with Crippen molar-refractivity contribution in [2.75, 3.05) is 5.73 Å². The second-order valence-corrected chi connectivity index (χ2v) is 2.73. The van der Waals surface area contributed by atoms with Gasteiger partial charge in [-0.2, -0.15) is 13.2 Å². The van der Waals surface area contributed by atoms with Crippen molar-refractivity contribution in [2.24, 2.45) is 5.73 Å². The third-order valence-electron chi connectivity index (χ3n) is 1.75. The van der Waals surface area contributed by atoms with Gasteiger partial charge < -0.3 is 11.5 Å². The van der Waals surface area contributed by atoms with Gasteiger partial charge in [0.2, 0.25) is 0 Å². The quantitative estimate of drug-likeness (QED) is 0.547. The predicted molar refractivity (Wildman–Crippen MR) is 43.7 cm³/mol. The number of hydrogen-bond acceptors (Lipinski definition) is 2. The van der Waals surface area contributed by atoms with Crippen LogP contribution in [0.3, 0.4) is 0 Å². The van der Waals surface area contributed by atoms with Crippen LogP contribution in [0.5, 0.6) is 0 Å². The Morgan fingerprint density at radius 1 is 1.21 bits per heavy atom. The number of rotatable bonds is 1. The molecule has 0 aromatic heterocycles. The van der Waals surface area contributed by atoms with Gasteiger partial charge in [-0.3, -0.25) is 0 Å². The number of anilines is 1. The normalized spacial score (nSPS) is 11.8. The smallest absolute Gasteiger partial charge is 0.398 e. The lowest BCUT2D eigenvalue weighted by Gasteiger charge is -2.11. The van der Waals surface area contributed by atoms with Gasteiger partial charge in [0.15, 0.2) is 0 Å². The van der Waals surface area contributed by atoms with Gasteiger partial charge in [0, 0.05) is 12.2 Å². The summed E-state index contributed by atoms with van der Waals surface area (Å²) in [5.41, 5.74) is 9.04. The van der Waals surface area contributed by atoms with Gasteiger partial charge in [-0.15, -0.1) is 0 Å². The Morgan fingerprint density at radius 2 is 1.79 bits per heavy atom. The zero-order valence-corrected chi connectivity index (χ0v) is 7.03. The van der Waals surface area contributed by atoms with Crippen molar-refractivity contribution in [2.45, 2.75) is 12.7 Å². The van der Waals surface area contributed by atoms with Gasteiger partial charge in [0.05, 0.1) is 5.56 Å². The summed E-state index contributed by atoms with van der Waals surface area (Å²) in [5, 5.41) is 0. The van der Waals surface area contributed by atoms with E-state index in [1.807, 2.05) is 0 Å². The van der Waals surface area contributed by atoms with Gasteiger partial charge in [0.25, 0.3) is 0 Å². The summed E-state index contributed by atoms with van der Waals surface area (Å²) >= 11 is 0. The second kappa shape index (κ2) is 3.45. The molecule has 0 aliphatic rings. The van der Waals surface area contributed by atoms with Crippen LogP contribution in [0.1, 0.15) is 11.1 Å². The predicted octanol–water partition coefficient (Wildman–Crippen LogP) is 1.89. The average Bonchev–Trinajstić information content (AvgIpc) is 2.06.